The number of hydrogen-bond donors (Lipinski definition) is 1. The summed E-state index contributed by atoms with van der Waals surface area (Å²) in [4.78, 5) is 2.05. The Balaban J connectivity index is 0. The van der Waals surface area contributed by atoms with Crippen LogP contribution in [0.2, 0.25) is 0 Å². The molecule has 0 atom stereocenters. The van der Waals surface area contributed by atoms with E-state index < -0.39 is 0 Å². The molecule has 0 heterocycles. The zero-order chi connectivity index (χ0) is 8.31. The Morgan fingerprint density at radius 2 is 1.45 bits per heavy atom. The molecule has 2 nitrogen and oxygen atoms in total. The van der Waals surface area contributed by atoms with Crippen LogP contribution >= 0.6 is 12.2 Å². The number of quaternary nitrogens is 1. The third-order valence-electron chi connectivity index (χ3n) is 1.32. The molecule has 0 aliphatic heterocycles. The highest BCUT2D eigenvalue weighted by Gasteiger charge is 2.08. The molecule has 4 heteroatoms. The molecule has 0 aromatic carbocycles. The van der Waals surface area contributed by atoms with Crippen LogP contribution < -0.4 is 6.15 Å². The molecule has 68 valence electrons. The van der Waals surface area contributed by atoms with Gasteiger partial charge < -0.3 is 35.9 Å². The third kappa shape index (κ3) is 4.50. The zero-order valence-electron chi connectivity index (χ0n) is 7.92. The Kier molecular flexibility index (Phi) is 7.05. The minimum absolute atomic E-state index is 0. The van der Waals surface area contributed by atoms with Crippen LogP contribution in [0.5, 0.6) is 0 Å². The normalized spacial score (nSPS) is 9.64. The zero-order valence-corrected chi connectivity index (χ0v) is 9.55. The molecule has 4 N–H and O–H groups in total. The second-order valence-electron chi connectivity index (χ2n) is 2.86. The Labute approximate surface area is 80.3 Å². The highest BCUT2D eigenvalue weighted by Crippen LogP contribution is 2.05. The minimum Gasteiger partial charge on any atom is -0.411 e. The lowest BCUT2D eigenvalue weighted by Crippen LogP contribution is -2.39. The number of hydrogen-bond acceptors (Lipinski definition) is 2. The van der Waals surface area contributed by atoms with Crippen molar-refractivity contribution in [3.63, 3.8) is 0 Å². The van der Waals surface area contributed by atoms with Gasteiger partial charge in [0.2, 0.25) is 0 Å². The Morgan fingerprint density at radius 3 is 1.45 bits per heavy atom. The van der Waals surface area contributed by atoms with E-state index in [2.05, 4.69) is 27.7 Å². The van der Waals surface area contributed by atoms with Gasteiger partial charge in [-0.25, -0.2) is 0 Å². The van der Waals surface area contributed by atoms with Gasteiger partial charge in [0.25, 0.3) is 0 Å². The summed E-state index contributed by atoms with van der Waals surface area (Å²) in [5.41, 5.74) is 0. The van der Waals surface area contributed by atoms with Crippen LogP contribution in [0, 0.1) is 0 Å². The predicted octanol–water partition coefficient (Wildman–Crippen LogP) is 2.31. The maximum absolute atomic E-state index is 4.91. The van der Waals surface area contributed by atoms with Gasteiger partial charge >= 0.3 is 0 Å². The number of thiocarbonyl (C=S) groups is 1. The first-order chi connectivity index (χ1) is 4.46. The summed E-state index contributed by atoms with van der Waals surface area (Å²) in [5.74, 6) is 0. The van der Waals surface area contributed by atoms with Gasteiger partial charge in [-0.1, -0.05) is 4.32 Å². The van der Waals surface area contributed by atoms with Crippen LogP contribution in [0.25, 0.3) is 0 Å². The summed E-state index contributed by atoms with van der Waals surface area (Å²) in [7, 11) is 0. The van der Waals surface area contributed by atoms with Gasteiger partial charge in [0.1, 0.15) is 0 Å². The summed E-state index contributed by atoms with van der Waals surface area (Å²) in [6, 6.07) is 0.843. The maximum atomic E-state index is 4.91. The quantitative estimate of drug-likeness (QED) is 0.541. The summed E-state index contributed by atoms with van der Waals surface area (Å²) in [6.07, 6.45) is 0. The van der Waals surface area contributed by atoms with Crippen molar-refractivity contribution in [1.82, 2.24) is 11.1 Å². The van der Waals surface area contributed by atoms with Crippen LogP contribution in [-0.4, -0.2) is 21.3 Å². The SMILES string of the molecule is CC(C)N(C(=S)[S-])C(C)C.[NH4+]. The fraction of sp³-hybridized carbons (Fsp3) is 0.857. The lowest BCUT2D eigenvalue weighted by atomic mass is 10.2. The van der Waals surface area contributed by atoms with E-state index in [-0.39, 0.29) is 6.15 Å². The molecular formula is C7H18N2S2. The Bertz CT molecular complexity index is 116. The Hall–Kier alpha value is 0.0700. The highest BCUT2D eigenvalue weighted by atomic mass is 32.1. The van der Waals surface area contributed by atoms with E-state index in [4.69, 9.17) is 24.8 Å². The molecule has 0 spiro atoms. The molecule has 0 fully saturated rings. The van der Waals surface area contributed by atoms with Crippen molar-refractivity contribution in [2.75, 3.05) is 0 Å². The van der Waals surface area contributed by atoms with Gasteiger partial charge in [-0.2, -0.15) is 0 Å². The van der Waals surface area contributed by atoms with Gasteiger partial charge in [0, 0.05) is 12.1 Å². The number of nitrogens with zero attached hydrogens (tertiary/aromatic N) is 1. The topological polar surface area (TPSA) is 39.7 Å². The predicted molar refractivity (Wildman–Crippen MR) is 58.1 cm³/mol. The molecule has 0 radical (unpaired) electrons. The molecule has 0 aliphatic carbocycles. The largest absolute Gasteiger partial charge is 0.411 e. The van der Waals surface area contributed by atoms with Crippen molar-refractivity contribution < 1.29 is 0 Å². The maximum Gasteiger partial charge on any atom is 0.0220 e. The fourth-order valence-electron chi connectivity index (χ4n) is 1.02. The monoisotopic (exact) mass is 194 g/mol. The lowest BCUT2D eigenvalue weighted by Gasteiger charge is -2.36. The first-order valence-corrected chi connectivity index (χ1v) is 4.27. The van der Waals surface area contributed by atoms with E-state index >= 15 is 0 Å². The number of rotatable bonds is 2. The smallest absolute Gasteiger partial charge is 0.0220 e. The van der Waals surface area contributed by atoms with Gasteiger partial charge in [0.05, 0.1) is 0 Å². The molecule has 0 unspecified atom stereocenters. The molecule has 0 rings (SSSR count). The average molecular weight is 194 g/mol. The van der Waals surface area contributed by atoms with Crippen molar-refractivity contribution in [2.45, 2.75) is 39.8 Å². The van der Waals surface area contributed by atoms with Crippen LogP contribution in [0.1, 0.15) is 27.7 Å². The Morgan fingerprint density at radius 1 is 1.18 bits per heavy atom. The van der Waals surface area contributed by atoms with Crippen LogP contribution in [0.4, 0.5) is 0 Å². The summed E-state index contributed by atoms with van der Waals surface area (Å²) in [5, 5.41) is 0. The molecule has 0 aromatic rings. The van der Waals surface area contributed by atoms with Crippen molar-refractivity contribution >= 4 is 29.2 Å². The van der Waals surface area contributed by atoms with Gasteiger partial charge in [-0.05, 0) is 27.7 Å². The van der Waals surface area contributed by atoms with Crippen molar-refractivity contribution in [3.05, 3.63) is 0 Å². The van der Waals surface area contributed by atoms with E-state index in [0.717, 1.165) is 0 Å². The van der Waals surface area contributed by atoms with Gasteiger partial charge in [-0.3, -0.25) is 0 Å². The van der Waals surface area contributed by atoms with E-state index in [9.17, 15) is 0 Å². The molecule has 0 bridgehead atoms. The van der Waals surface area contributed by atoms with Crippen LogP contribution in [-0.2, 0) is 12.6 Å². The van der Waals surface area contributed by atoms with E-state index in [0.29, 0.717) is 16.4 Å². The molecular weight excluding hydrogens is 176 g/mol. The molecule has 11 heavy (non-hydrogen) atoms. The molecule has 0 saturated heterocycles. The highest BCUT2D eigenvalue weighted by molar-refractivity contribution is 8.00. The second kappa shape index (κ2) is 5.69. The molecule has 0 amide bonds. The van der Waals surface area contributed by atoms with Gasteiger partial charge in [-0.15, -0.1) is 0 Å². The van der Waals surface area contributed by atoms with Gasteiger partial charge in [0.15, 0.2) is 0 Å². The summed E-state index contributed by atoms with van der Waals surface area (Å²) >= 11 is 9.82. The first-order valence-electron chi connectivity index (χ1n) is 3.46. The lowest BCUT2D eigenvalue weighted by molar-refractivity contribution is 0.303. The second-order valence-corrected chi connectivity index (χ2v) is 3.89. The molecule has 0 aromatic heterocycles. The van der Waals surface area contributed by atoms with Crippen molar-refractivity contribution in [1.29, 1.82) is 0 Å². The van der Waals surface area contributed by atoms with E-state index in [1.807, 2.05) is 4.90 Å². The van der Waals surface area contributed by atoms with Crippen LogP contribution in [0.15, 0.2) is 0 Å². The summed E-state index contributed by atoms with van der Waals surface area (Å²) in [6.45, 7) is 8.38. The van der Waals surface area contributed by atoms with Crippen molar-refractivity contribution in [2.24, 2.45) is 0 Å². The molecule has 0 aliphatic rings. The third-order valence-corrected chi connectivity index (χ3v) is 1.75. The fourth-order valence-corrected chi connectivity index (χ4v) is 1.86. The molecule has 0 saturated carbocycles. The average Bonchev–Trinajstić information content (AvgIpc) is 1.59. The van der Waals surface area contributed by atoms with Crippen molar-refractivity contribution in [3.8, 4) is 0 Å². The van der Waals surface area contributed by atoms with Crippen LogP contribution in [0.3, 0.4) is 0 Å². The summed E-state index contributed by atoms with van der Waals surface area (Å²) < 4.78 is 0.574. The first kappa shape index (κ1) is 13.6. The standard InChI is InChI=1S/C7H15NS2.H3N/c1-5(2)8(6(3)4)7(9)10;/h5-6H,1-4H3,(H,9,10);1H3. The van der Waals surface area contributed by atoms with E-state index in [1.165, 1.54) is 0 Å². The minimum atomic E-state index is 0. The van der Waals surface area contributed by atoms with E-state index in [1.54, 1.807) is 0 Å².